The van der Waals surface area contributed by atoms with Crippen molar-refractivity contribution in [1.29, 1.82) is 0 Å². The van der Waals surface area contributed by atoms with E-state index in [2.05, 4.69) is 26.6 Å². The Labute approximate surface area is 147 Å². The van der Waals surface area contributed by atoms with Crippen LogP contribution < -0.4 is 15.7 Å². The first-order valence-electron chi connectivity index (χ1n) is 7.11. The lowest BCUT2D eigenvalue weighted by Gasteiger charge is -2.09. The maximum absolute atomic E-state index is 12.2. The van der Waals surface area contributed by atoms with Crippen LogP contribution in [0.2, 0.25) is 0 Å². The van der Waals surface area contributed by atoms with Gasteiger partial charge in [-0.1, -0.05) is 22.0 Å². The normalized spacial score (nSPS) is 10.0. The van der Waals surface area contributed by atoms with E-state index in [1.54, 1.807) is 48.5 Å². The van der Waals surface area contributed by atoms with Crippen molar-refractivity contribution in [3.05, 3.63) is 58.6 Å². The van der Waals surface area contributed by atoms with Crippen LogP contribution >= 0.6 is 15.9 Å². The molecule has 0 saturated carbocycles. The number of rotatable bonds is 6. The Kier molecular flexibility index (Phi) is 6.08. The van der Waals surface area contributed by atoms with Crippen molar-refractivity contribution < 1.29 is 19.5 Å². The summed E-state index contributed by atoms with van der Waals surface area (Å²) in [5.74, 6) is -1.99. The SMILES string of the molecule is O=C([O-])CCC(=O)Nc1cccc(NC(=O)c2ccc(Br)cc2)c1. The molecule has 0 fully saturated rings. The summed E-state index contributed by atoms with van der Waals surface area (Å²) in [6, 6.07) is 13.5. The summed E-state index contributed by atoms with van der Waals surface area (Å²) in [7, 11) is 0. The van der Waals surface area contributed by atoms with Gasteiger partial charge >= 0.3 is 0 Å². The van der Waals surface area contributed by atoms with Gasteiger partial charge in [0.1, 0.15) is 0 Å². The van der Waals surface area contributed by atoms with Crippen molar-refractivity contribution in [2.24, 2.45) is 0 Å². The van der Waals surface area contributed by atoms with Gasteiger partial charge in [-0.3, -0.25) is 9.59 Å². The van der Waals surface area contributed by atoms with E-state index in [-0.39, 0.29) is 18.7 Å². The Morgan fingerprint density at radius 1 is 0.917 bits per heavy atom. The number of hydrogen-bond acceptors (Lipinski definition) is 4. The molecule has 0 bridgehead atoms. The molecule has 0 unspecified atom stereocenters. The molecule has 0 aliphatic rings. The van der Waals surface area contributed by atoms with E-state index in [4.69, 9.17) is 0 Å². The molecule has 0 atom stereocenters. The monoisotopic (exact) mass is 389 g/mol. The van der Waals surface area contributed by atoms with Crippen molar-refractivity contribution in [3.63, 3.8) is 0 Å². The van der Waals surface area contributed by atoms with Gasteiger partial charge in [-0.15, -0.1) is 0 Å². The largest absolute Gasteiger partial charge is 0.550 e. The van der Waals surface area contributed by atoms with Crippen molar-refractivity contribution in [1.82, 2.24) is 0 Å². The summed E-state index contributed by atoms with van der Waals surface area (Å²) < 4.78 is 0.875. The number of benzene rings is 2. The minimum atomic E-state index is -1.28. The number of halogens is 1. The third kappa shape index (κ3) is 5.51. The van der Waals surface area contributed by atoms with Crippen LogP contribution in [0.15, 0.2) is 53.0 Å². The highest BCUT2D eigenvalue weighted by molar-refractivity contribution is 9.10. The molecular weight excluding hydrogens is 376 g/mol. The second-order valence-electron chi connectivity index (χ2n) is 4.96. The number of anilines is 2. The number of amides is 2. The smallest absolute Gasteiger partial charge is 0.255 e. The van der Waals surface area contributed by atoms with Crippen molar-refractivity contribution in [3.8, 4) is 0 Å². The fourth-order valence-electron chi connectivity index (χ4n) is 1.92. The van der Waals surface area contributed by atoms with Crippen LogP contribution in [0.25, 0.3) is 0 Å². The molecule has 0 aromatic heterocycles. The van der Waals surface area contributed by atoms with Crippen LogP contribution in [-0.4, -0.2) is 17.8 Å². The number of carboxylic acid groups (broad SMARTS) is 1. The standard InChI is InChI=1S/C17H15BrN2O4/c18-12-6-4-11(5-7-12)17(24)20-14-3-1-2-13(10-14)19-15(21)8-9-16(22)23/h1-7,10H,8-9H2,(H,19,21)(H,20,24)(H,22,23)/p-1. The van der Waals surface area contributed by atoms with E-state index in [1.807, 2.05) is 0 Å². The van der Waals surface area contributed by atoms with Crippen molar-refractivity contribution >= 4 is 45.1 Å². The van der Waals surface area contributed by atoms with Gasteiger partial charge in [0.2, 0.25) is 5.91 Å². The molecule has 2 rings (SSSR count). The average molecular weight is 390 g/mol. The molecule has 0 radical (unpaired) electrons. The van der Waals surface area contributed by atoms with E-state index in [1.165, 1.54) is 0 Å². The second-order valence-corrected chi connectivity index (χ2v) is 5.88. The summed E-state index contributed by atoms with van der Waals surface area (Å²) in [5, 5.41) is 15.6. The number of carboxylic acids is 1. The fourth-order valence-corrected chi connectivity index (χ4v) is 2.18. The van der Waals surface area contributed by atoms with E-state index in [0.717, 1.165) is 4.47 Å². The first-order chi connectivity index (χ1) is 11.4. The molecule has 0 heterocycles. The molecule has 0 saturated heterocycles. The summed E-state index contributed by atoms with van der Waals surface area (Å²) in [6.45, 7) is 0. The first kappa shape index (κ1) is 17.7. The summed E-state index contributed by atoms with van der Waals surface area (Å²) >= 11 is 3.30. The maximum Gasteiger partial charge on any atom is 0.255 e. The van der Waals surface area contributed by atoms with Gasteiger partial charge in [-0.2, -0.15) is 0 Å². The Morgan fingerprint density at radius 2 is 1.54 bits per heavy atom. The van der Waals surface area contributed by atoms with Crippen LogP contribution in [0.1, 0.15) is 23.2 Å². The summed E-state index contributed by atoms with van der Waals surface area (Å²) in [4.78, 5) is 34.1. The van der Waals surface area contributed by atoms with Gasteiger partial charge in [-0.05, 0) is 48.9 Å². The highest BCUT2D eigenvalue weighted by Crippen LogP contribution is 2.17. The van der Waals surface area contributed by atoms with Gasteiger partial charge in [-0.25, -0.2) is 0 Å². The zero-order valence-corrected chi connectivity index (χ0v) is 14.1. The van der Waals surface area contributed by atoms with Gasteiger partial charge < -0.3 is 20.5 Å². The predicted octanol–water partition coefficient (Wildman–Crippen LogP) is 2.17. The molecule has 7 heteroatoms. The van der Waals surface area contributed by atoms with Gasteiger partial charge in [0, 0.05) is 33.8 Å². The zero-order chi connectivity index (χ0) is 17.5. The Balaban J connectivity index is 1.99. The van der Waals surface area contributed by atoms with Crippen LogP contribution in [0.3, 0.4) is 0 Å². The highest BCUT2D eigenvalue weighted by Gasteiger charge is 2.07. The van der Waals surface area contributed by atoms with E-state index < -0.39 is 11.9 Å². The Morgan fingerprint density at radius 3 is 2.17 bits per heavy atom. The molecule has 2 N–H and O–H groups in total. The van der Waals surface area contributed by atoms with Gasteiger partial charge in [0.25, 0.3) is 5.91 Å². The quantitative estimate of drug-likeness (QED) is 0.790. The lowest BCUT2D eigenvalue weighted by Crippen LogP contribution is -2.24. The molecule has 0 aliphatic heterocycles. The summed E-state index contributed by atoms with van der Waals surface area (Å²) in [5.41, 5.74) is 1.48. The van der Waals surface area contributed by atoms with Gasteiger partial charge in [0.15, 0.2) is 0 Å². The highest BCUT2D eigenvalue weighted by atomic mass is 79.9. The lowest BCUT2D eigenvalue weighted by molar-refractivity contribution is -0.305. The third-order valence-corrected chi connectivity index (χ3v) is 3.60. The third-order valence-electron chi connectivity index (χ3n) is 3.07. The van der Waals surface area contributed by atoms with Crippen LogP contribution in [0, 0.1) is 0 Å². The minimum Gasteiger partial charge on any atom is -0.550 e. The molecule has 2 aromatic carbocycles. The molecular formula is C17H14BrN2O4-. The van der Waals surface area contributed by atoms with Crippen LogP contribution in [-0.2, 0) is 9.59 Å². The van der Waals surface area contributed by atoms with Crippen LogP contribution in [0.4, 0.5) is 11.4 Å². The maximum atomic E-state index is 12.2. The topological polar surface area (TPSA) is 98.3 Å². The molecule has 0 spiro atoms. The molecule has 24 heavy (non-hydrogen) atoms. The van der Waals surface area contributed by atoms with E-state index >= 15 is 0 Å². The molecule has 6 nitrogen and oxygen atoms in total. The number of hydrogen-bond donors (Lipinski definition) is 2. The number of carbonyl (C=O) groups is 3. The second kappa shape index (κ2) is 8.26. The van der Waals surface area contributed by atoms with Crippen LogP contribution in [0.5, 0.6) is 0 Å². The summed E-state index contributed by atoms with van der Waals surface area (Å²) in [6.07, 6.45) is -0.510. The van der Waals surface area contributed by atoms with E-state index in [0.29, 0.717) is 16.9 Å². The molecule has 0 aliphatic carbocycles. The predicted molar refractivity (Wildman–Crippen MR) is 91.4 cm³/mol. The van der Waals surface area contributed by atoms with Gasteiger partial charge in [0.05, 0.1) is 0 Å². The first-order valence-corrected chi connectivity index (χ1v) is 7.90. The van der Waals surface area contributed by atoms with E-state index in [9.17, 15) is 19.5 Å². The molecule has 2 aromatic rings. The van der Waals surface area contributed by atoms with Crippen molar-refractivity contribution in [2.75, 3.05) is 10.6 Å². The number of carbonyl (C=O) groups excluding carboxylic acids is 3. The zero-order valence-electron chi connectivity index (χ0n) is 12.5. The minimum absolute atomic E-state index is 0.169. The Hall–Kier alpha value is -2.67. The fraction of sp³-hybridized carbons (Fsp3) is 0.118. The Bertz CT molecular complexity index is 759. The number of aliphatic carboxylic acids is 1. The van der Waals surface area contributed by atoms with Crippen molar-refractivity contribution in [2.45, 2.75) is 12.8 Å². The molecule has 2 amide bonds. The number of nitrogens with one attached hydrogen (secondary N) is 2. The average Bonchev–Trinajstić information content (AvgIpc) is 2.54. The lowest BCUT2D eigenvalue weighted by atomic mass is 10.2. The molecule has 124 valence electrons.